The summed E-state index contributed by atoms with van der Waals surface area (Å²) in [6.07, 6.45) is 5.09. The molecule has 1 aromatic heterocycles. The Kier molecular flexibility index (Phi) is 4.76. The Balaban J connectivity index is 2.13. The summed E-state index contributed by atoms with van der Waals surface area (Å²) in [5.41, 5.74) is -0.239. The summed E-state index contributed by atoms with van der Waals surface area (Å²) in [5.74, 6) is 0.102. The van der Waals surface area contributed by atoms with E-state index in [1.165, 1.54) is 0 Å². The SMILES string of the molecule is CSc1cc(NC2CCC(C(=O)O)C(C)(C)C2C)ncn1. The van der Waals surface area contributed by atoms with Gasteiger partial charge in [-0.1, -0.05) is 20.8 Å². The average molecular weight is 309 g/mol. The lowest BCUT2D eigenvalue weighted by atomic mass is 9.61. The number of nitrogens with one attached hydrogen (secondary N) is 1. The van der Waals surface area contributed by atoms with Gasteiger partial charge in [0.05, 0.1) is 5.92 Å². The number of nitrogens with zero attached hydrogens (tertiary/aromatic N) is 2. The lowest BCUT2D eigenvalue weighted by molar-refractivity contribution is -0.149. The van der Waals surface area contributed by atoms with Gasteiger partial charge in [0.1, 0.15) is 17.2 Å². The summed E-state index contributed by atoms with van der Waals surface area (Å²) >= 11 is 1.58. The maximum atomic E-state index is 11.4. The van der Waals surface area contributed by atoms with E-state index in [4.69, 9.17) is 0 Å². The molecule has 0 spiro atoms. The van der Waals surface area contributed by atoms with Crippen molar-refractivity contribution in [3.63, 3.8) is 0 Å². The van der Waals surface area contributed by atoms with Gasteiger partial charge in [0.15, 0.2) is 0 Å². The van der Waals surface area contributed by atoms with Crippen LogP contribution in [0.2, 0.25) is 0 Å². The highest BCUT2D eigenvalue weighted by Gasteiger charge is 2.46. The van der Waals surface area contributed by atoms with E-state index in [1.54, 1.807) is 18.1 Å². The smallest absolute Gasteiger partial charge is 0.307 e. The van der Waals surface area contributed by atoms with Gasteiger partial charge in [0.2, 0.25) is 0 Å². The molecule has 21 heavy (non-hydrogen) atoms. The molecule has 1 aromatic rings. The molecule has 0 amide bonds. The van der Waals surface area contributed by atoms with Crippen molar-refractivity contribution in [1.82, 2.24) is 9.97 Å². The predicted molar refractivity (Wildman–Crippen MR) is 84.5 cm³/mol. The van der Waals surface area contributed by atoms with E-state index < -0.39 is 5.97 Å². The molecule has 3 atom stereocenters. The van der Waals surface area contributed by atoms with Gasteiger partial charge < -0.3 is 10.4 Å². The minimum atomic E-state index is -0.683. The van der Waals surface area contributed by atoms with E-state index in [0.717, 1.165) is 17.3 Å². The highest BCUT2D eigenvalue weighted by molar-refractivity contribution is 7.98. The van der Waals surface area contributed by atoms with Crippen LogP contribution in [0.1, 0.15) is 33.6 Å². The van der Waals surface area contributed by atoms with Crippen LogP contribution in [0.5, 0.6) is 0 Å². The number of aromatic nitrogens is 2. The molecule has 1 aliphatic carbocycles. The molecule has 1 aliphatic rings. The summed E-state index contributed by atoms with van der Waals surface area (Å²) in [4.78, 5) is 19.9. The van der Waals surface area contributed by atoms with Crippen LogP contribution in [0.15, 0.2) is 17.4 Å². The molecule has 1 saturated carbocycles. The summed E-state index contributed by atoms with van der Waals surface area (Å²) in [6.45, 7) is 6.23. The number of carbonyl (C=O) groups is 1. The Labute approximate surface area is 130 Å². The Morgan fingerprint density at radius 2 is 2.14 bits per heavy atom. The maximum Gasteiger partial charge on any atom is 0.307 e. The highest BCUT2D eigenvalue weighted by atomic mass is 32.2. The van der Waals surface area contributed by atoms with Crippen molar-refractivity contribution in [2.45, 2.75) is 44.7 Å². The minimum absolute atomic E-state index is 0.236. The first-order valence-corrected chi connectivity index (χ1v) is 8.44. The highest BCUT2D eigenvalue weighted by Crippen LogP contribution is 2.45. The van der Waals surface area contributed by atoms with Gasteiger partial charge in [0, 0.05) is 12.1 Å². The lowest BCUT2D eigenvalue weighted by Crippen LogP contribution is -2.48. The maximum absolute atomic E-state index is 11.4. The second-order valence-electron chi connectivity index (χ2n) is 6.27. The number of anilines is 1. The van der Waals surface area contributed by atoms with Gasteiger partial charge in [0.25, 0.3) is 0 Å². The summed E-state index contributed by atoms with van der Waals surface area (Å²) in [7, 11) is 0. The van der Waals surface area contributed by atoms with Crippen molar-refractivity contribution in [2.75, 3.05) is 11.6 Å². The van der Waals surface area contributed by atoms with E-state index in [2.05, 4.69) is 36.1 Å². The quantitative estimate of drug-likeness (QED) is 0.657. The zero-order chi connectivity index (χ0) is 15.6. The Bertz CT molecular complexity index is 521. The number of aliphatic carboxylic acids is 1. The van der Waals surface area contributed by atoms with Crippen LogP contribution in [0.4, 0.5) is 5.82 Å². The molecule has 1 heterocycles. The van der Waals surface area contributed by atoms with Crippen LogP contribution in [-0.2, 0) is 4.79 Å². The van der Waals surface area contributed by atoms with Gasteiger partial charge in [-0.05, 0) is 30.4 Å². The molecule has 3 unspecified atom stereocenters. The largest absolute Gasteiger partial charge is 0.481 e. The predicted octanol–water partition coefficient (Wildman–Crippen LogP) is 3.14. The summed E-state index contributed by atoms with van der Waals surface area (Å²) in [6, 6.07) is 2.17. The zero-order valence-corrected chi connectivity index (χ0v) is 13.8. The molecular formula is C15H23N3O2S. The van der Waals surface area contributed by atoms with Crippen LogP contribution in [0, 0.1) is 17.3 Å². The number of carboxylic acid groups (broad SMARTS) is 1. The molecule has 0 bridgehead atoms. The fourth-order valence-electron chi connectivity index (χ4n) is 3.16. The second kappa shape index (κ2) is 6.22. The zero-order valence-electron chi connectivity index (χ0n) is 13.0. The fourth-order valence-corrected chi connectivity index (χ4v) is 3.54. The van der Waals surface area contributed by atoms with E-state index >= 15 is 0 Å². The van der Waals surface area contributed by atoms with Crippen molar-refractivity contribution in [3.8, 4) is 0 Å². The van der Waals surface area contributed by atoms with Crippen LogP contribution < -0.4 is 5.32 Å². The molecule has 116 valence electrons. The third-order valence-corrected chi connectivity index (χ3v) is 5.57. The Morgan fingerprint density at radius 3 is 2.76 bits per heavy atom. The van der Waals surface area contributed by atoms with Crippen LogP contribution in [-0.4, -0.2) is 33.3 Å². The third-order valence-electron chi connectivity index (χ3n) is 4.92. The van der Waals surface area contributed by atoms with Crippen LogP contribution >= 0.6 is 11.8 Å². The summed E-state index contributed by atoms with van der Waals surface area (Å²) < 4.78 is 0. The van der Waals surface area contributed by atoms with Crippen molar-refractivity contribution in [2.24, 2.45) is 17.3 Å². The van der Waals surface area contributed by atoms with Crippen LogP contribution in [0.3, 0.4) is 0 Å². The van der Waals surface area contributed by atoms with Crippen molar-refractivity contribution < 1.29 is 9.90 Å². The normalized spacial score (nSPS) is 28.1. The van der Waals surface area contributed by atoms with Gasteiger partial charge >= 0.3 is 5.97 Å². The Morgan fingerprint density at radius 1 is 1.43 bits per heavy atom. The molecule has 0 aliphatic heterocycles. The van der Waals surface area contributed by atoms with Gasteiger partial charge in [-0.15, -0.1) is 11.8 Å². The first-order valence-electron chi connectivity index (χ1n) is 7.21. The minimum Gasteiger partial charge on any atom is -0.481 e. The molecule has 0 radical (unpaired) electrons. The molecule has 0 aromatic carbocycles. The standard InChI is InChI=1S/C15H23N3O2S/c1-9-11(6-5-10(14(19)20)15(9,2)3)18-12-7-13(21-4)17-8-16-12/h7-11H,5-6H2,1-4H3,(H,19,20)(H,16,17,18). The molecule has 0 saturated heterocycles. The van der Waals surface area contributed by atoms with Gasteiger partial charge in [-0.3, -0.25) is 4.79 Å². The van der Waals surface area contributed by atoms with Gasteiger partial charge in [-0.25, -0.2) is 9.97 Å². The monoisotopic (exact) mass is 309 g/mol. The van der Waals surface area contributed by atoms with Crippen molar-refractivity contribution in [1.29, 1.82) is 0 Å². The molecule has 1 fully saturated rings. The van der Waals surface area contributed by atoms with E-state index in [0.29, 0.717) is 6.42 Å². The molecule has 2 rings (SSSR count). The summed E-state index contributed by atoms with van der Waals surface area (Å²) in [5, 5.41) is 13.8. The number of hydrogen-bond acceptors (Lipinski definition) is 5. The topological polar surface area (TPSA) is 75.1 Å². The average Bonchev–Trinajstić information content (AvgIpc) is 2.44. The van der Waals surface area contributed by atoms with Crippen LogP contribution in [0.25, 0.3) is 0 Å². The molecule has 6 heteroatoms. The third kappa shape index (κ3) is 3.31. The van der Waals surface area contributed by atoms with Gasteiger partial charge in [-0.2, -0.15) is 0 Å². The first-order chi connectivity index (χ1) is 9.86. The molecule has 2 N–H and O–H groups in total. The number of hydrogen-bond donors (Lipinski definition) is 2. The molecular weight excluding hydrogens is 286 g/mol. The number of rotatable bonds is 4. The van der Waals surface area contributed by atoms with E-state index in [-0.39, 0.29) is 23.3 Å². The second-order valence-corrected chi connectivity index (χ2v) is 7.10. The van der Waals surface area contributed by atoms with Crippen molar-refractivity contribution >= 4 is 23.5 Å². The Hall–Kier alpha value is -1.30. The lowest BCUT2D eigenvalue weighted by Gasteiger charge is -2.46. The number of carboxylic acids is 1. The fraction of sp³-hybridized carbons (Fsp3) is 0.667. The number of thioether (sulfide) groups is 1. The first kappa shape index (κ1) is 16.1. The molecule has 5 nitrogen and oxygen atoms in total. The van der Waals surface area contributed by atoms with Crippen molar-refractivity contribution in [3.05, 3.63) is 12.4 Å². The van der Waals surface area contributed by atoms with E-state index in [9.17, 15) is 9.90 Å². The van der Waals surface area contributed by atoms with E-state index in [1.807, 2.05) is 12.3 Å².